The van der Waals surface area contributed by atoms with E-state index in [2.05, 4.69) is 69.5 Å². The van der Waals surface area contributed by atoms with Crippen LogP contribution in [0.3, 0.4) is 0 Å². The van der Waals surface area contributed by atoms with Crippen LogP contribution in [0.2, 0.25) is 0 Å². The Bertz CT molecular complexity index is 2210. The molecule has 5 heterocycles. The van der Waals surface area contributed by atoms with Gasteiger partial charge in [-0.25, -0.2) is 9.67 Å². The predicted octanol–water partition coefficient (Wildman–Crippen LogP) is 4.38. The van der Waals surface area contributed by atoms with Gasteiger partial charge in [-0.05, 0) is 84.7 Å². The number of hydrogen-bond donors (Lipinski definition) is 4. The molecule has 1 unspecified atom stereocenters. The van der Waals surface area contributed by atoms with Crippen molar-refractivity contribution in [2.24, 2.45) is 7.05 Å². The number of benzene rings is 3. The van der Waals surface area contributed by atoms with Crippen molar-refractivity contribution in [1.29, 1.82) is 0 Å². The van der Waals surface area contributed by atoms with Crippen molar-refractivity contribution in [2.75, 3.05) is 30.3 Å². The van der Waals surface area contributed by atoms with Gasteiger partial charge in [-0.2, -0.15) is 10.1 Å². The van der Waals surface area contributed by atoms with Crippen LogP contribution >= 0.6 is 0 Å². The number of para-hydroxylation sites is 1. The Labute approximate surface area is 301 Å². The Hall–Kier alpha value is -5.82. The van der Waals surface area contributed by atoms with Crippen LogP contribution < -0.4 is 21.3 Å². The number of nitrogens with one attached hydrogen (secondary N) is 4. The number of aromatic nitrogens is 4. The maximum absolute atomic E-state index is 13.3. The van der Waals surface area contributed by atoms with Gasteiger partial charge in [0, 0.05) is 62.9 Å². The first kappa shape index (κ1) is 33.3. The molecule has 1 saturated heterocycles. The van der Waals surface area contributed by atoms with E-state index in [1.54, 1.807) is 15.8 Å². The third kappa shape index (κ3) is 6.43. The number of hydrogen-bond acceptors (Lipinski definition) is 9. The topological polar surface area (TPSA) is 149 Å². The number of amides is 3. The van der Waals surface area contributed by atoms with E-state index in [0.717, 1.165) is 57.4 Å². The molecule has 0 spiro atoms. The minimum Gasteiger partial charge on any atom is -0.354 e. The SMILES string of the molecule is Cc1cccc(C)c1Nc1nn(C)c2nc(Nc3ccc4c(c3)CN(C(=O)CNCc3ccc5c(c3)CN(C3CCCNC3=O)C5=O)CC4)ncc12. The fourth-order valence-electron chi connectivity index (χ4n) is 7.53. The molecule has 1 fully saturated rings. The third-order valence-corrected chi connectivity index (χ3v) is 10.4. The summed E-state index contributed by atoms with van der Waals surface area (Å²) in [6.07, 6.45) is 4.12. The van der Waals surface area contributed by atoms with Crippen LogP contribution in [0.1, 0.15) is 56.6 Å². The van der Waals surface area contributed by atoms with E-state index in [1.165, 1.54) is 5.56 Å². The standard InChI is InChI=1S/C39H42N10O3/c1-23-6-4-7-24(2)34(23)44-35-31-19-42-39(45-36(31)47(3)46-35)43-29-11-10-26-13-15-48(21-27(26)17-29)33(50)20-40-18-25-9-12-30-28(16-25)22-49(38(30)52)32-8-5-14-41-37(32)51/h4,6-7,9-12,16-17,19,32,40H,5,8,13-15,18,20-22H2,1-3H3,(H,41,51)(H,44,46)(H,42,43,45). The number of carbonyl (C=O) groups is 3. The van der Waals surface area contributed by atoms with Crippen molar-refractivity contribution >= 4 is 51.9 Å². The van der Waals surface area contributed by atoms with Crippen LogP contribution in [-0.4, -0.2) is 72.9 Å². The molecule has 1 atom stereocenters. The quantitative estimate of drug-likeness (QED) is 0.176. The molecule has 0 bridgehead atoms. The molecule has 5 aromatic rings. The molecule has 0 saturated carbocycles. The molecule has 266 valence electrons. The summed E-state index contributed by atoms with van der Waals surface area (Å²) >= 11 is 0. The van der Waals surface area contributed by atoms with Gasteiger partial charge in [-0.15, -0.1) is 0 Å². The highest BCUT2D eigenvalue weighted by Gasteiger charge is 2.37. The lowest BCUT2D eigenvalue weighted by Gasteiger charge is -2.30. The maximum Gasteiger partial charge on any atom is 0.255 e. The molecule has 13 nitrogen and oxygen atoms in total. The summed E-state index contributed by atoms with van der Waals surface area (Å²) < 4.78 is 1.75. The highest BCUT2D eigenvalue weighted by molar-refractivity contribution is 6.01. The Kier molecular flexibility index (Phi) is 8.79. The lowest BCUT2D eigenvalue weighted by atomic mass is 9.99. The molecular formula is C39H42N10O3. The van der Waals surface area contributed by atoms with Gasteiger partial charge in [-0.1, -0.05) is 36.4 Å². The summed E-state index contributed by atoms with van der Waals surface area (Å²) in [5.41, 5.74) is 9.73. The van der Waals surface area contributed by atoms with Gasteiger partial charge in [0.2, 0.25) is 17.8 Å². The Morgan fingerprint density at radius 3 is 2.65 bits per heavy atom. The van der Waals surface area contributed by atoms with E-state index in [1.807, 2.05) is 42.3 Å². The molecule has 8 rings (SSSR count). The van der Waals surface area contributed by atoms with Crippen LogP contribution in [0.15, 0.2) is 60.8 Å². The highest BCUT2D eigenvalue weighted by atomic mass is 16.2. The van der Waals surface area contributed by atoms with Crippen molar-refractivity contribution in [3.8, 4) is 0 Å². The monoisotopic (exact) mass is 698 g/mol. The molecular weight excluding hydrogens is 656 g/mol. The summed E-state index contributed by atoms with van der Waals surface area (Å²) in [6.45, 7) is 7.11. The number of rotatable bonds is 9. The summed E-state index contributed by atoms with van der Waals surface area (Å²) in [5.74, 6) is 1.04. The molecule has 3 aliphatic rings. The predicted molar refractivity (Wildman–Crippen MR) is 198 cm³/mol. The normalized spacial score (nSPS) is 16.9. The lowest BCUT2D eigenvalue weighted by molar-refractivity contribution is -0.131. The molecule has 3 aliphatic heterocycles. The summed E-state index contributed by atoms with van der Waals surface area (Å²) in [7, 11) is 1.87. The van der Waals surface area contributed by atoms with Gasteiger partial charge >= 0.3 is 0 Å². The second-order valence-electron chi connectivity index (χ2n) is 13.9. The van der Waals surface area contributed by atoms with Gasteiger partial charge in [0.25, 0.3) is 5.91 Å². The molecule has 4 N–H and O–H groups in total. The van der Waals surface area contributed by atoms with Crippen molar-refractivity contribution < 1.29 is 14.4 Å². The Balaban J connectivity index is 0.876. The van der Waals surface area contributed by atoms with Crippen molar-refractivity contribution in [3.63, 3.8) is 0 Å². The summed E-state index contributed by atoms with van der Waals surface area (Å²) in [5, 5.41) is 18.5. The smallest absolute Gasteiger partial charge is 0.255 e. The summed E-state index contributed by atoms with van der Waals surface area (Å²) in [6, 6.07) is 17.7. The summed E-state index contributed by atoms with van der Waals surface area (Å²) in [4.78, 5) is 51.6. The Morgan fingerprint density at radius 2 is 1.83 bits per heavy atom. The number of aryl methyl sites for hydroxylation is 3. The first-order valence-electron chi connectivity index (χ1n) is 17.8. The zero-order valence-electron chi connectivity index (χ0n) is 29.6. The van der Waals surface area contributed by atoms with E-state index in [4.69, 9.17) is 4.98 Å². The average molecular weight is 699 g/mol. The third-order valence-electron chi connectivity index (χ3n) is 10.4. The fourth-order valence-corrected chi connectivity index (χ4v) is 7.53. The van der Waals surface area contributed by atoms with Crippen LogP contribution in [0.4, 0.5) is 23.1 Å². The lowest BCUT2D eigenvalue weighted by Crippen LogP contribution is -2.50. The molecule has 52 heavy (non-hydrogen) atoms. The zero-order chi connectivity index (χ0) is 35.9. The second kappa shape index (κ2) is 13.7. The van der Waals surface area contributed by atoms with Crippen LogP contribution in [0.25, 0.3) is 11.0 Å². The van der Waals surface area contributed by atoms with E-state index >= 15 is 0 Å². The van der Waals surface area contributed by atoms with E-state index < -0.39 is 6.04 Å². The number of anilines is 4. The number of piperidine rings is 1. The number of carbonyl (C=O) groups excluding carboxylic acids is 3. The highest BCUT2D eigenvalue weighted by Crippen LogP contribution is 2.31. The molecule has 13 heteroatoms. The first-order valence-corrected chi connectivity index (χ1v) is 17.8. The van der Waals surface area contributed by atoms with Gasteiger partial charge < -0.3 is 31.1 Å². The minimum absolute atomic E-state index is 0.0325. The molecule has 3 aromatic carbocycles. The van der Waals surface area contributed by atoms with E-state index in [-0.39, 0.29) is 24.3 Å². The second-order valence-corrected chi connectivity index (χ2v) is 13.9. The Morgan fingerprint density at radius 1 is 0.981 bits per heavy atom. The zero-order valence-corrected chi connectivity index (χ0v) is 29.6. The van der Waals surface area contributed by atoms with Crippen LogP contribution in [-0.2, 0) is 42.7 Å². The molecule has 0 aliphatic carbocycles. The molecule has 2 aromatic heterocycles. The van der Waals surface area contributed by atoms with Crippen LogP contribution in [0.5, 0.6) is 0 Å². The fraction of sp³-hybridized carbons (Fsp3) is 0.333. The van der Waals surface area contributed by atoms with Gasteiger partial charge in [0.1, 0.15) is 6.04 Å². The first-order chi connectivity index (χ1) is 25.2. The average Bonchev–Trinajstić information content (AvgIpc) is 3.64. The van der Waals surface area contributed by atoms with E-state index in [0.29, 0.717) is 62.1 Å². The molecule has 3 amide bonds. The van der Waals surface area contributed by atoms with E-state index in [9.17, 15) is 14.4 Å². The van der Waals surface area contributed by atoms with Gasteiger partial charge in [-0.3, -0.25) is 14.4 Å². The number of fused-ring (bicyclic) bond motifs is 3. The molecule has 0 radical (unpaired) electrons. The van der Waals surface area contributed by atoms with Crippen molar-refractivity contribution in [1.82, 2.24) is 40.2 Å². The minimum atomic E-state index is -0.413. The van der Waals surface area contributed by atoms with Gasteiger partial charge in [0.15, 0.2) is 11.5 Å². The van der Waals surface area contributed by atoms with Crippen molar-refractivity contribution in [2.45, 2.75) is 58.8 Å². The van der Waals surface area contributed by atoms with Gasteiger partial charge in [0.05, 0.1) is 11.9 Å². The largest absolute Gasteiger partial charge is 0.354 e. The van der Waals surface area contributed by atoms with Crippen LogP contribution in [0, 0.1) is 13.8 Å². The maximum atomic E-state index is 13.3. The van der Waals surface area contributed by atoms with Crippen molar-refractivity contribution in [3.05, 3.63) is 99.7 Å². The number of nitrogens with zero attached hydrogens (tertiary/aromatic N) is 6.